The highest BCUT2D eigenvalue weighted by atomic mass is 15.0. The second kappa shape index (κ2) is 3.33. The summed E-state index contributed by atoms with van der Waals surface area (Å²) in [6.45, 7) is 0. The molecule has 16 heavy (non-hydrogen) atoms. The van der Waals surface area contributed by atoms with Gasteiger partial charge in [0.2, 0.25) is 0 Å². The van der Waals surface area contributed by atoms with Gasteiger partial charge in [0.1, 0.15) is 29.1 Å². The lowest BCUT2D eigenvalue weighted by molar-refractivity contribution is 1.19. The lowest BCUT2D eigenvalue weighted by Crippen LogP contribution is -2.00. The maximum atomic E-state index is 5.89. The molecule has 0 aromatic carbocycles. The number of nitrogens with zero attached hydrogens (tertiary/aromatic N) is 2. The van der Waals surface area contributed by atoms with Crippen molar-refractivity contribution in [3.63, 3.8) is 0 Å². The van der Waals surface area contributed by atoms with Crippen molar-refractivity contribution in [2.75, 3.05) is 0 Å². The van der Waals surface area contributed by atoms with Crippen molar-refractivity contribution in [1.82, 2.24) is 9.38 Å². The largest absolute Gasteiger partial charge is 0.346 e. The Bertz CT molecular complexity index is 596. The summed E-state index contributed by atoms with van der Waals surface area (Å²) >= 11 is 0. The van der Waals surface area contributed by atoms with Gasteiger partial charge in [-0.3, -0.25) is 0 Å². The average molecular weight is 208 g/mol. The predicted molar refractivity (Wildman–Crippen MR) is 63.3 cm³/mol. The molecule has 0 saturated heterocycles. The van der Waals surface area contributed by atoms with Crippen LogP contribution in [0.3, 0.4) is 0 Å². The van der Waals surface area contributed by atoms with Crippen LogP contribution in [0.5, 0.6) is 0 Å². The van der Waals surface area contributed by atoms with Crippen molar-refractivity contribution < 1.29 is 0 Å². The first-order valence-electron chi connectivity index (χ1n) is 5.04. The third-order valence-corrected chi connectivity index (χ3v) is 2.54. The molecule has 0 amide bonds. The predicted octanol–water partition coefficient (Wildman–Crippen LogP) is 1.93. The SMILES string of the molecule is NC1=C(c2cn3ccccc3n2)C=C[C+]=C1. The van der Waals surface area contributed by atoms with E-state index in [0.29, 0.717) is 5.70 Å². The molecule has 2 N–H and O–H groups in total. The van der Waals surface area contributed by atoms with E-state index in [1.54, 1.807) is 6.08 Å². The van der Waals surface area contributed by atoms with Crippen LogP contribution >= 0.6 is 0 Å². The molecule has 2 aromatic heterocycles. The van der Waals surface area contributed by atoms with Gasteiger partial charge in [0.05, 0.1) is 6.08 Å². The van der Waals surface area contributed by atoms with Crippen LogP contribution in [0.1, 0.15) is 5.69 Å². The number of pyridine rings is 1. The Morgan fingerprint density at radius 2 is 2.25 bits per heavy atom. The van der Waals surface area contributed by atoms with E-state index >= 15 is 0 Å². The quantitative estimate of drug-likeness (QED) is 0.728. The third kappa shape index (κ3) is 1.31. The number of hydrogen-bond acceptors (Lipinski definition) is 2. The van der Waals surface area contributed by atoms with Gasteiger partial charge in [-0.25, -0.2) is 4.98 Å². The van der Waals surface area contributed by atoms with E-state index in [-0.39, 0.29) is 0 Å². The molecule has 1 aliphatic rings. The van der Waals surface area contributed by atoms with E-state index < -0.39 is 0 Å². The van der Waals surface area contributed by atoms with Crippen molar-refractivity contribution in [2.24, 2.45) is 5.73 Å². The standard InChI is InChI=1S/C13H10N3/c14-11-6-2-1-5-10(11)12-9-16-8-4-3-7-13(16)15-12/h1,3-9H,14H2/q+1. The van der Waals surface area contributed by atoms with Crippen molar-refractivity contribution in [3.8, 4) is 0 Å². The highest BCUT2D eigenvalue weighted by Gasteiger charge is 2.15. The number of imidazole rings is 1. The maximum absolute atomic E-state index is 5.89. The van der Waals surface area contributed by atoms with Gasteiger partial charge in [-0.1, -0.05) is 6.07 Å². The molecule has 3 rings (SSSR count). The van der Waals surface area contributed by atoms with Crippen LogP contribution in [0.4, 0.5) is 0 Å². The van der Waals surface area contributed by atoms with Gasteiger partial charge in [0, 0.05) is 18.5 Å². The summed E-state index contributed by atoms with van der Waals surface area (Å²) in [5, 5.41) is 0. The van der Waals surface area contributed by atoms with Gasteiger partial charge in [0.25, 0.3) is 0 Å². The molecule has 0 unspecified atom stereocenters. The summed E-state index contributed by atoms with van der Waals surface area (Å²) < 4.78 is 1.98. The minimum atomic E-state index is 0.700. The highest BCUT2D eigenvalue weighted by Crippen LogP contribution is 2.20. The minimum absolute atomic E-state index is 0.700. The molecule has 0 aliphatic heterocycles. The molecule has 0 saturated carbocycles. The van der Waals surface area contributed by atoms with Gasteiger partial charge in [-0.05, 0) is 12.1 Å². The van der Waals surface area contributed by atoms with Gasteiger partial charge in [0.15, 0.2) is 5.70 Å². The molecule has 3 heteroatoms. The molecule has 2 heterocycles. The number of nitrogens with two attached hydrogens (primary N) is 1. The topological polar surface area (TPSA) is 43.3 Å². The maximum Gasteiger partial charge on any atom is 0.153 e. The van der Waals surface area contributed by atoms with E-state index in [0.717, 1.165) is 16.9 Å². The Balaban J connectivity index is 2.20. The van der Waals surface area contributed by atoms with Crippen LogP contribution in [0, 0.1) is 6.08 Å². The Morgan fingerprint density at radius 3 is 3.06 bits per heavy atom. The summed E-state index contributed by atoms with van der Waals surface area (Å²) in [7, 11) is 0. The normalized spacial score (nSPS) is 14.5. The number of hydrogen-bond donors (Lipinski definition) is 1. The fourth-order valence-electron chi connectivity index (χ4n) is 1.74. The van der Waals surface area contributed by atoms with E-state index in [4.69, 9.17) is 5.73 Å². The molecule has 1 aliphatic carbocycles. The van der Waals surface area contributed by atoms with E-state index in [2.05, 4.69) is 11.1 Å². The third-order valence-electron chi connectivity index (χ3n) is 2.54. The Labute approximate surface area is 93.2 Å². The number of aromatic nitrogens is 2. The molecular weight excluding hydrogens is 198 g/mol. The zero-order chi connectivity index (χ0) is 11.0. The summed E-state index contributed by atoms with van der Waals surface area (Å²) in [4.78, 5) is 4.51. The summed E-state index contributed by atoms with van der Waals surface area (Å²) in [6, 6.07) is 5.91. The first kappa shape index (κ1) is 8.89. The van der Waals surface area contributed by atoms with E-state index in [9.17, 15) is 0 Å². The molecule has 2 aromatic rings. The lowest BCUT2D eigenvalue weighted by atomic mass is 10.1. The van der Waals surface area contributed by atoms with Crippen molar-refractivity contribution in [3.05, 3.63) is 66.3 Å². The van der Waals surface area contributed by atoms with Crippen LogP contribution in [0.2, 0.25) is 0 Å². The van der Waals surface area contributed by atoms with Crippen LogP contribution in [-0.4, -0.2) is 9.38 Å². The lowest BCUT2D eigenvalue weighted by Gasteiger charge is -1.94. The monoisotopic (exact) mass is 208 g/mol. The van der Waals surface area contributed by atoms with Gasteiger partial charge < -0.3 is 10.1 Å². The van der Waals surface area contributed by atoms with Crippen molar-refractivity contribution >= 4 is 11.2 Å². The van der Waals surface area contributed by atoms with Gasteiger partial charge >= 0.3 is 0 Å². The van der Waals surface area contributed by atoms with Crippen molar-refractivity contribution in [2.45, 2.75) is 0 Å². The zero-order valence-electron chi connectivity index (χ0n) is 8.59. The highest BCUT2D eigenvalue weighted by molar-refractivity contribution is 5.78. The van der Waals surface area contributed by atoms with Gasteiger partial charge in [-0.15, -0.1) is 0 Å². The van der Waals surface area contributed by atoms with Crippen LogP contribution in [0.25, 0.3) is 11.2 Å². The zero-order valence-corrected chi connectivity index (χ0v) is 8.59. The summed E-state index contributed by atoms with van der Waals surface area (Å²) in [5.41, 5.74) is 9.35. The average Bonchev–Trinajstić information content (AvgIpc) is 2.73. The van der Waals surface area contributed by atoms with Crippen LogP contribution in [-0.2, 0) is 0 Å². The Morgan fingerprint density at radius 1 is 1.31 bits per heavy atom. The van der Waals surface area contributed by atoms with Crippen LogP contribution < -0.4 is 5.73 Å². The second-order valence-corrected chi connectivity index (χ2v) is 3.61. The molecule has 0 radical (unpaired) electrons. The van der Waals surface area contributed by atoms with Crippen molar-refractivity contribution in [1.29, 1.82) is 0 Å². The first-order valence-corrected chi connectivity index (χ1v) is 5.04. The molecule has 0 bridgehead atoms. The molecule has 0 fully saturated rings. The summed E-state index contributed by atoms with van der Waals surface area (Å²) in [5.74, 6) is 0. The molecular formula is C13H10N3+. The van der Waals surface area contributed by atoms with Crippen LogP contribution in [0.15, 0.2) is 54.5 Å². The second-order valence-electron chi connectivity index (χ2n) is 3.61. The summed E-state index contributed by atoms with van der Waals surface area (Å²) in [6.07, 6.45) is 12.4. The van der Waals surface area contributed by atoms with Gasteiger partial charge in [-0.2, -0.15) is 0 Å². The molecule has 3 nitrogen and oxygen atoms in total. The minimum Gasteiger partial charge on any atom is -0.346 e. The fourth-order valence-corrected chi connectivity index (χ4v) is 1.74. The molecule has 76 valence electrons. The number of fused-ring (bicyclic) bond motifs is 1. The number of rotatable bonds is 1. The number of allylic oxidation sites excluding steroid dienone is 5. The first-order chi connectivity index (χ1) is 7.84. The molecule has 0 spiro atoms. The van der Waals surface area contributed by atoms with E-state index in [1.807, 2.05) is 47.1 Å². The fraction of sp³-hybridized carbons (Fsp3) is 0. The Hall–Kier alpha value is -2.38. The Kier molecular flexibility index (Phi) is 1.85. The molecule has 0 atom stereocenters. The smallest absolute Gasteiger partial charge is 0.153 e. The van der Waals surface area contributed by atoms with E-state index in [1.165, 1.54) is 0 Å².